The molecule has 1 aliphatic rings. The molecule has 21 heavy (non-hydrogen) atoms. The van der Waals surface area contributed by atoms with E-state index < -0.39 is 0 Å². The van der Waals surface area contributed by atoms with Gasteiger partial charge in [0.25, 0.3) is 0 Å². The second-order valence-electron chi connectivity index (χ2n) is 6.19. The van der Waals surface area contributed by atoms with E-state index in [2.05, 4.69) is 84.7 Å². The molecule has 2 nitrogen and oxygen atoms in total. The monoisotopic (exact) mass is 280 g/mol. The predicted molar refractivity (Wildman–Crippen MR) is 89.7 cm³/mol. The van der Waals surface area contributed by atoms with Crippen LogP contribution >= 0.6 is 0 Å². The van der Waals surface area contributed by atoms with Crippen molar-refractivity contribution in [2.45, 2.75) is 31.8 Å². The highest BCUT2D eigenvalue weighted by Gasteiger charge is 2.35. The van der Waals surface area contributed by atoms with E-state index in [1.807, 2.05) is 0 Å². The molecule has 2 aromatic rings. The lowest BCUT2D eigenvalue weighted by Crippen LogP contribution is -2.59. The average molecular weight is 280 g/mol. The van der Waals surface area contributed by atoms with Gasteiger partial charge < -0.3 is 10.2 Å². The molecule has 0 amide bonds. The summed E-state index contributed by atoms with van der Waals surface area (Å²) in [5.74, 6) is 0. The smallest absolute Gasteiger partial charge is 0.0668 e. The zero-order chi connectivity index (χ0) is 14.7. The fraction of sp³-hybridized carbons (Fsp3) is 0.368. The number of piperazine rings is 1. The van der Waals surface area contributed by atoms with Gasteiger partial charge in [-0.1, -0.05) is 55.5 Å². The third-order valence-electron chi connectivity index (χ3n) is 4.67. The van der Waals surface area contributed by atoms with Crippen molar-refractivity contribution in [3.05, 3.63) is 66.2 Å². The SMILES string of the molecule is CCC1(C)CN(c2ccccc2)C(c2ccccc2)CN1. The zero-order valence-corrected chi connectivity index (χ0v) is 12.9. The lowest BCUT2D eigenvalue weighted by molar-refractivity contribution is 0.280. The van der Waals surface area contributed by atoms with E-state index >= 15 is 0 Å². The van der Waals surface area contributed by atoms with Gasteiger partial charge in [-0.15, -0.1) is 0 Å². The first-order valence-electron chi connectivity index (χ1n) is 7.83. The molecule has 1 heterocycles. The third kappa shape index (κ3) is 2.96. The Morgan fingerprint density at radius 1 is 1.05 bits per heavy atom. The van der Waals surface area contributed by atoms with Crippen LogP contribution in [0.5, 0.6) is 0 Å². The van der Waals surface area contributed by atoms with E-state index in [0.29, 0.717) is 6.04 Å². The summed E-state index contributed by atoms with van der Waals surface area (Å²) in [4.78, 5) is 2.55. The molecule has 2 atom stereocenters. The topological polar surface area (TPSA) is 15.3 Å². The van der Waals surface area contributed by atoms with Gasteiger partial charge in [-0.25, -0.2) is 0 Å². The van der Waals surface area contributed by atoms with Crippen LogP contribution in [0.15, 0.2) is 60.7 Å². The van der Waals surface area contributed by atoms with Crippen molar-refractivity contribution in [1.82, 2.24) is 5.32 Å². The Hall–Kier alpha value is -1.80. The van der Waals surface area contributed by atoms with E-state index in [1.165, 1.54) is 11.3 Å². The number of benzene rings is 2. The Morgan fingerprint density at radius 2 is 1.67 bits per heavy atom. The van der Waals surface area contributed by atoms with E-state index in [-0.39, 0.29) is 5.54 Å². The zero-order valence-electron chi connectivity index (χ0n) is 12.9. The van der Waals surface area contributed by atoms with Crippen LogP contribution < -0.4 is 10.2 Å². The van der Waals surface area contributed by atoms with Crippen molar-refractivity contribution < 1.29 is 0 Å². The van der Waals surface area contributed by atoms with Crippen LogP contribution in [0.2, 0.25) is 0 Å². The van der Waals surface area contributed by atoms with Crippen LogP contribution in [0.1, 0.15) is 31.9 Å². The number of hydrogen-bond donors (Lipinski definition) is 1. The minimum atomic E-state index is 0.182. The Balaban J connectivity index is 1.95. The molecular weight excluding hydrogens is 256 g/mol. The normalized spacial score (nSPS) is 25.8. The Bertz CT molecular complexity index is 567. The maximum absolute atomic E-state index is 3.75. The van der Waals surface area contributed by atoms with Crippen molar-refractivity contribution >= 4 is 5.69 Å². The quantitative estimate of drug-likeness (QED) is 0.914. The second-order valence-corrected chi connectivity index (χ2v) is 6.19. The van der Waals surface area contributed by atoms with Crippen LogP contribution in [-0.4, -0.2) is 18.6 Å². The van der Waals surface area contributed by atoms with Crippen LogP contribution in [-0.2, 0) is 0 Å². The molecule has 0 radical (unpaired) electrons. The van der Waals surface area contributed by atoms with Crippen LogP contribution in [0.25, 0.3) is 0 Å². The minimum absolute atomic E-state index is 0.182. The molecule has 3 rings (SSSR count). The highest BCUT2D eigenvalue weighted by molar-refractivity contribution is 5.50. The van der Waals surface area contributed by atoms with Crippen molar-refractivity contribution in [3.8, 4) is 0 Å². The summed E-state index contributed by atoms with van der Waals surface area (Å²) in [6, 6.07) is 22.0. The van der Waals surface area contributed by atoms with Gasteiger partial charge >= 0.3 is 0 Å². The average Bonchev–Trinajstić information content (AvgIpc) is 2.56. The number of hydrogen-bond acceptors (Lipinski definition) is 2. The van der Waals surface area contributed by atoms with E-state index in [9.17, 15) is 0 Å². The van der Waals surface area contributed by atoms with Crippen LogP contribution in [0.4, 0.5) is 5.69 Å². The van der Waals surface area contributed by atoms with E-state index in [4.69, 9.17) is 0 Å². The molecule has 110 valence electrons. The van der Waals surface area contributed by atoms with E-state index in [0.717, 1.165) is 19.5 Å². The number of nitrogens with one attached hydrogen (secondary N) is 1. The second kappa shape index (κ2) is 5.90. The standard InChI is InChI=1S/C19H24N2/c1-3-19(2)15-21(17-12-8-5-9-13-17)18(14-20-19)16-10-6-4-7-11-16/h4-13,18,20H,3,14-15H2,1-2H3. The highest BCUT2D eigenvalue weighted by Crippen LogP contribution is 2.32. The predicted octanol–water partition coefficient (Wildman–Crippen LogP) is 4.01. The van der Waals surface area contributed by atoms with Crippen molar-refractivity contribution in [2.75, 3.05) is 18.0 Å². The van der Waals surface area contributed by atoms with Crippen LogP contribution in [0.3, 0.4) is 0 Å². The first-order chi connectivity index (χ1) is 10.2. The molecule has 0 spiro atoms. The number of anilines is 1. The van der Waals surface area contributed by atoms with Crippen molar-refractivity contribution in [2.24, 2.45) is 0 Å². The molecule has 1 N–H and O–H groups in total. The highest BCUT2D eigenvalue weighted by atomic mass is 15.3. The maximum atomic E-state index is 3.75. The Morgan fingerprint density at radius 3 is 2.29 bits per heavy atom. The Labute approximate surface area is 127 Å². The fourth-order valence-electron chi connectivity index (χ4n) is 3.10. The molecule has 0 saturated carbocycles. The van der Waals surface area contributed by atoms with Gasteiger partial charge in [-0.05, 0) is 31.0 Å². The fourth-order valence-corrected chi connectivity index (χ4v) is 3.10. The molecule has 1 saturated heterocycles. The Kier molecular flexibility index (Phi) is 3.98. The molecule has 2 unspecified atom stereocenters. The summed E-state index contributed by atoms with van der Waals surface area (Å²) in [7, 11) is 0. The molecular formula is C19H24N2. The summed E-state index contributed by atoms with van der Waals surface area (Å²) >= 11 is 0. The lowest BCUT2D eigenvalue weighted by atomic mass is 9.90. The largest absolute Gasteiger partial charge is 0.361 e. The maximum Gasteiger partial charge on any atom is 0.0668 e. The lowest BCUT2D eigenvalue weighted by Gasteiger charge is -2.47. The first kappa shape index (κ1) is 14.2. The first-order valence-corrected chi connectivity index (χ1v) is 7.83. The van der Waals surface area contributed by atoms with Crippen LogP contribution in [0, 0.1) is 0 Å². The minimum Gasteiger partial charge on any atom is -0.361 e. The number of rotatable bonds is 3. The van der Waals surface area contributed by atoms with Gasteiger partial charge in [-0.2, -0.15) is 0 Å². The molecule has 2 aromatic carbocycles. The van der Waals surface area contributed by atoms with Crippen molar-refractivity contribution in [1.29, 1.82) is 0 Å². The van der Waals surface area contributed by atoms with Gasteiger partial charge in [0, 0.05) is 24.3 Å². The third-order valence-corrected chi connectivity index (χ3v) is 4.67. The summed E-state index contributed by atoms with van der Waals surface area (Å²) in [6.07, 6.45) is 1.14. The number of para-hydroxylation sites is 1. The van der Waals surface area contributed by atoms with Gasteiger partial charge in [0.05, 0.1) is 6.04 Å². The van der Waals surface area contributed by atoms with Gasteiger partial charge in [0.15, 0.2) is 0 Å². The molecule has 0 aromatic heterocycles. The molecule has 0 bridgehead atoms. The molecule has 2 heteroatoms. The molecule has 1 fully saturated rings. The molecule has 1 aliphatic heterocycles. The summed E-state index contributed by atoms with van der Waals surface area (Å²) in [5.41, 5.74) is 2.88. The number of nitrogens with zero attached hydrogens (tertiary/aromatic N) is 1. The van der Waals surface area contributed by atoms with Crippen molar-refractivity contribution in [3.63, 3.8) is 0 Å². The van der Waals surface area contributed by atoms with Gasteiger partial charge in [-0.3, -0.25) is 0 Å². The molecule has 0 aliphatic carbocycles. The summed E-state index contributed by atoms with van der Waals surface area (Å²) in [6.45, 7) is 6.61. The summed E-state index contributed by atoms with van der Waals surface area (Å²) in [5, 5.41) is 3.75. The van der Waals surface area contributed by atoms with Gasteiger partial charge in [0.1, 0.15) is 0 Å². The van der Waals surface area contributed by atoms with E-state index in [1.54, 1.807) is 0 Å². The summed E-state index contributed by atoms with van der Waals surface area (Å²) < 4.78 is 0. The van der Waals surface area contributed by atoms with Gasteiger partial charge in [0.2, 0.25) is 0 Å².